The minimum atomic E-state index is -1.05. The van der Waals surface area contributed by atoms with Crippen LogP contribution in [0.15, 0.2) is 30.6 Å². The molecule has 11 nitrogen and oxygen atoms in total. The van der Waals surface area contributed by atoms with Gasteiger partial charge in [0, 0.05) is 37.8 Å². The number of fused-ring (bicyclic) bond motifs is 1. The SMILES string of the molecule is CN(C)CC(=O)N1CCN(c2ccc(Nc3ncc4cc(C(=O)O)[nH]c4n3)nc2)CC1. The molecule has 11 heteroatoms. The van der Waals surface area contributed by atoms with E-state index in [0.717, 1.165) is 18.8 Å². The molecule has 0 aliphatic carbocycles. The Bertz CT molecular complexity index is 1090. The van der Waals surface area contributed by atoms with Crippen molar-refractivity contribution in [3.05, 3.63) is 36.3 Å². The predicted octanol–water partition coefficient (Wildman–Crippen LogP) is 1.00. The molecule has 31 heavy (non-hydrogen) atoms. The van der Waals surface area contributed by atoms with Gasteiger partial charge in [-0.15, -0.1) is 0 Å². The van der Waals surface area contributed by atoms with Gasteiger partial charge in [-0.1, -0.05) is 0 Å². The van der Waals surface area contributed by atoms with E-state index in [0.29, 0.717) is 42.4 Å². The Kier molecular flexibility index (Phi) is 5.67. The zero-order chi connectivity index (χ0) is 22.0. The molecule has 1 saturated heterocycles. The summed E-state index contributed by atoms with van der Waals surface area (Å²) in [4.78, 5) is 44.9. The molecule has 0 radical (unpaired) electrons. The van der Waals surface area contributed by atoms with Gasteiger partial charge in [-0.25, -0.2) is 14.8 Å². The summed E-state index contributed by atoms with van der Waals surface area (Å²) in [6, 6.07) is 5.29. The Morgan fingerprint density at radius 2 is 1.94 bits per heavy atom. The van der Waals surface area contributed by atoms with Gasteiger partial charge in [0.1, 0.15) is 17.2 Å². The van der Waals surface area contributed by atoms with Crippen molar-refractivity contribution in [3.8, 4) is 0 Å². The standard InChI is InChI=1S/C20H24N8O3/c1-26(2)12-17(29)28-7-5-27(6-8-28)14-3-4-16(21-11-14)24-20-22-10-13-9-15(19(30)31)23-18(13)25-20/h3-4,9-11H,5-8,12H2,1-2H3,(H,30,31)(H2,21,22,23,24,25). The third-order valence-corrected chi connectivity index (χ3v) is 5.04. The summed E-state index contributed by atoms with van der Waals surface area (Å²) in [5.41, 5.74) is 1.48. The third kappa shape index (κ3) is 4.72. The molecule has 3 aromatic heterocycles. The van der Waals surface area contributed by atoms with Crippen LogP contribution in [0, 0.1) is 0 Å². The second kappa shape index (κ2) is 8.56. The van der Waals surface area contributed by atoms with Gasteiger partial charge in [0.05, 0.1) is 18.4 Å². The van der Waals surface area contributed by atoms with Crippen molar-refractivity contribution in [1.82, 2.24) is 29.7 Å². The maximum absolute atomic E-state index is 12.2. The largest absolute Gasteiger partial charge is 0.477 e. The number of amides is 1. The quantitative estimate of drug-likeness (QED) is 0.530. The molecule has 0 unspecified atom stereocenters. The molecule has 0 bridgehead atoms. The van der Waals surface area contributed by atoms with Crippen LogP contribution in [0.1, 0.15) is 10.5 Å². The van der Waals surface area contributed by atoms with Gasteiger partial charge in [-0.05, 0) is 32.3 Å². The number of nitrogens with one attached hydrogen (secondary N) is 2. The van der Waals surface area contributed by atoms with Crippen LogP contribution in [0.2, 0.25) is 0 Å². The molecule has 0 spiro atoms. The Hall–Kier alpha value is -3.73. The van der Waals surface area contributed by atoms with Crippen molar-refractivity contribution in [2.24, 2.45) is 0 Å². The van der Waals surface area contributed by atoms with Crippen molar-refractivity contribution in [2.45, 2.75) is 0 Å². The minimum absolute atomic E-state index is 0.0624. The Morgan fingerprint density at radius 1 is 1.16 bits per heavy atom. The van der Waals surface area contributed by atoms with E-state index >= 15 is 0 Å². The number of aromatic carboxylic acids is 1. The molecule has 1 fully saturated rings. The molecule has 1 aliphatic heterocycles. The van der Waals surface area contributed by atoms with Crippen LogP contribution in [-0.2, 0) is 4.79 Å². The van der Waals surface area contributed by atoms with Crippen molar-refractivity contribution in [2.75, 3.05) is 57.0 Å². The Balaban J connectivity index is 1.37. The number of likely N-dealkylation sites (N-methyl/N-ethyl adjacent to an activating group) is 1. The van der Waals surface area contributed by atoms with E-state index in [4.69, 9.17) is 5.11 Å². The lowest BCUT2D eigenvalue weighted by Gasteiger charge is -2.36. The highest BCUT2D eigenvalue weighted by Crippen LogP contribution is 2.20. The predicted molar refractivity (Wildman–Crippen MR) is 116 cm³/mol. The highest BCUT2D eigenvalue weighted by Gasteiger charge is 2.21. The highest BCUT2D eigenvalue weighted by atomic mass is 16.4. The van der Waals surface area contributed by atoms with Gasteiger partial charge in [0.25, 0.3) is 0 Å². The molecule has 162 valence electrons. The van der Waals surface area contributed by atoms with Crippen LogP contribution >= 0.6 is 0 Å². The molecule has 1 aliphatic rings. The molecule has 0 saturated carbocycles. The molecule has 1 amide bonds. The number of nitrogens with zero attached hydrogens (tertiary/aromatic N) is 6. The Labute approximate surface area is 178 Å². The van der Waals surface area contributed by atoms with Crippen LogP contribution in [0.5, 0.6) is 0 Å². The fraction of sp³-hybridized carbons (Fsp3) is 0.350. The number of hydrogen-bond acceptors (Lipinski definition) is 8. The van der Waals surface area contributed by atoms with Gasteiger partial charge in [0.2, 0.25) is 11.9 Å². The van der Waals surface area contributed by atoms with Crippen LogP contribution in [-0.4, -0.2) is 93.5 Å². The average Bonchev–Trinajstić information content (AvgIpc) is 3.18. The van der Waals surface area contributed by atoms with E-state index in [1.165, 1.54) is 6.07 Å². The summed E-state index contributed by atoms with van der Waals surface area (Å²) in [5, 5.41) is 12.7. The molecular formula is C20H24N8O3. The first kappa shape index (κ1) is 20.5. The zero-order valence-corrected chi connectivity index (χ0v) is 17.4. The topological polar surface area (TPSA) is 131 Å². The van der Waals surface area contributed by atoms with Crippen LogP contribution in [0.4, 0.5) is 17.5 Å². The zero-order valence-electron chi connectivity index (χ0n) is 17.4. The summed E-state index contributed by atoms with van der Waals surface area (Å²) < 4.78 is 0. The van der Waals surface area contributed by atoms with Gasteiger partial charge in [-0.2, -0.15) is 4.98 Å². The average molecular weight is 424 g/mol. The molecule has 3 aromatic rings. The summed E-state index contributed by atoms with van der Waals surface area (Å²) in [6.45, 7) is 3.32. The minimum Gasteiger partial charge on any atom is -0.477 e. The number of piperazine rings is 1. The lowest BCUT2D eigenvalue weighted by atomic mass is 10.2. The van der Waals surface area contributed by atoms with Gasteiger partial charge in [0.15, 0.2) is 0 Å². The normalized spacial score (nSPS) is 14.3. The summed E-state index contributed by atoms with van der Waals surface area (Å²) >= 11 is 0. The second-order valence-corrected chi connectivity index (χ2v) is 7.62. The second-order valence-electron chi connectivity index (χ2n) is 7.62. The number of carbonyl (C=O) groups is 2. The van der Waals surface area contributed by atoms with Crippen LogP contribution in [0.3, 0.4) is 0 Å². The lowest BCUT2D eigenvalue weighted by Crippen LogP contribution is -2.50. The number of hydrogen-bond donors (Lipinski definition) is 3. The van der Waals surface area contributed by atoms with Crippen molar-refractivity contribution in [3.63, 3.8) is 0 Å². The number of anilines is 3. The fourth-order valence-electron chi connectivity index (χ4n) is 3.44. The first-order valence-corrected chi connectivity index (χ1v) is 9.88. The highest BCUT2D eigenvalue weighted by molar-refractivity contribution is 5.92. The van der Waals surface area contributed by atoms with Crippen LogP contribution in [0.25, 0.3) is 11.0 Å². The number of aromatic amines is 1. The Morgan fingerprint density at radius 3 is 2.58 bits per heavy atom. The molecule has 4 heterocycles. The van der Waals surface area contributed by atoms with E-state index in [9.17, 15) is 9.59 Å². The molecular weight excluding hydrogens is 400 g/mol. The van der Waals surface area contributed by atoms with Crippen molar-refractivity contribution < 1.29 is 14.7 Å². The van der Waals surface area contributed by atoms with E-state index < -0.39 is 5.97 Å². The first-order valence-electron chi connectivity index (χ1n) is 9.88. The number of rotatable bonds is 6. The maximum atomic E-state index is 12.2. The van der Waals surface area contributed by atoms with Crippen LogP contribution < -0.4 is 10.2 Å². The number of carboxylic acids is 1. The van der Waals surface area contributed by atoms with E-state index in [1.807, 2.05) is 36.0 Å². The third-order valence-electron chi connectivity index (χ3n) is 5.04. The summed E-state index contributed by atoms with van der Waals surface area (Å²) in [7, 11) is 3.79. The summed E-state index contributed by atoms with van der Waals surface area (Å²) in [5.74, 6) is -0.00281. The van der Waals surface area contributed by atoms with Crippen molar-refractivity contribution in [1.29, 1.82) is 0 Å². The first-order chi connectivity index (χ1) is 14.9. The smallest absolute Gasteiger partial charge is 0.352 e. The van der Waals surface area contributed by atoms with Gasteiger partial charge in [-0.3, -0.25) is 4.79 Å². The number of carboxylic acid groups (broad SMARTS) is 1. The lowest BCUT2D eigenvalue weighted by molar-refractivity contribution is -0.132. The van der Waals surface area contributed by atoms with Crippen molar-refractivity contribution >= 4 is 40.4 Å². The molecule has 4 rings (SSSR count). The molecule has 0 atom stereocenters. The van der Waals surface area contributed by atoms with Gasteiger partial charge < -0.3 is 30.1 Å². The summed E-state index contributed by atoms with van der Waals surface area (Å²) in [6.07, 6.45) is 3.33. The number of carbonyl (C=O) groups excluding carboxylic acids is 1. The van der Waals surface area contributed by atoms with E-state index in [2.05, 4.69) is 30.2 Å². The fourth-order valence-corrected chi connectivity index (χ4v) is 3.44. The number of pyridine rings is 1. The van der Waals surface area contributed by atoms with E-state index in [-0.39, 0.29) is 11.6 Å². The maximum Gasteiger partial charge on any atom is 0.352 e. The number of H-pyrrole nitrogens is 1. The van der Waals surface area contributed by atoms with Gasteiger partial charge >= 0.3 is 5.97 Å². The molecule has 3 N–H and O–H groups in total. The number of aromatic nitrogens is 4. The molecule has 0 aromatic carbocycles. The van der Waals surface area contributed by atoms with E-state index in [1.54, 1.807) is 12.4 Å². The monoisotopic (exact) mass is 424 g/mol.